The van der Waals surface area contributed by atoms with Gasteiger partial charge in [0.2, 0.25) is 0 Å². The number of ketones is 2. The SMILES string of the molecule is CC(=O)CC(C)=NCC(C)N=C(C)CC(C)=O.[Cu]. The number of nitrogens with zero attached hydrogens (tertiary/aromatic N) is 2. The van der Waals surface area contributed by atoms with Gasteiger partial charge in [-0.05, 0) is 34.6 Å². The third-order valence-electron chi connectivity index (χ3n) is 2.08. The first-order valence-corrected chi connectivity index (χ1v) is 5.83. The Hall–Kier alpha value is -0.801. The van der Waals surface area contributed by atoms with Gasteiger partial charge in [-0.2, -0.15) is 0 Å². The van der Waals surface area contributed by atoms with Crippen LogP contribution in [0, 0.1) is 0 Å². The molecule has 0 N–H and O–H groups in total. The summed E-state index contributed by atoms with van der Waals surface area (Å²) in [5, 5.41) is 0. The number of carbonyl (C=O) groups is 2. The number of hydrogen-bond acceptors (Lipinski definition) is 4. The molecule has 5 heteroatoms. The largest absolute Gasteiger partial charge is 0.300 e. The van der Waals surface area contributed by atoms with Crippen LogP contribution in [0.25, 0.3) is 0 Å². The summed E-state index contributed by atoms with van der Waals surface area (Å²) in [6.45, 7) is 9.32. The molecule has 4 nitrogen and oxygen atoms in total. The zero-order chi connectivity index (χ0) is 13.4. The Bertz CT molecular complexity index is 349. The van der Waals surface area contributed by atoms with Gasteiger partial charge in [-0.1, -0.05) is 0 Å². The molecule has 1 atom stereocenters. The summed E-state index contributed by atoms with van der Waals surface area (Å²) in [5.74, 6) is 0.241. The summed E-state index contributed by atoms with van der Waals surface area (Å²) in [6.07, 6.45) is 0.809. The van der Waals surface area contributed by atoms with Crippen LogP contribution in [0.3, 0.4) is 0 Å². The maximum Gasteiger partial charge on any atom is 0.135 e. The van der Waals surface area contributed by atoms with Crippen molar-refractivity contribution in [1.29, 1.82) is 0 Å². The Morgan fingerprint density at radius 2 is 1.39 bits per heavy atom. The van der Waals surface area contributed by atoms with Crippen molar-refractivity contribution in [3.8, 4) is 0 Å². The summed E-state index contributed by atoms with van der Waals surface area (Å²) in [7, 11) is 0. The molecule has 0 aliphatic rings. The first-order chi connectivity index (χ1) is 7.81. The van der Waals surface area contributed by atoms with Crippen molar-refractivity contribution in [2.75, 3.05) is 6.54 Å². The number of Topliss-reactive ketones (excluding diaryl/α,β-unsaturated/α-hetero) is 2. The van der Waals surface area contributed by atoms with E-state index in [2.05, 4.69) is 9.98 Å². The maximum absolute atomic E-state index is 10.9. The minimum absolute atomic E-state index is 0. The molecular formula is C13H22CuN2O2. The second kappa shape index (κ2) is 10.2. The van der Waals surface area contributed by atoms with Crippen molar-refractivity contribution >= 4 is 23.0 Å². The van der Waals surface area contributed by atoms with Crippen LogP contribution in [0.5, 0.6) is 0 Å². The minimum atomic E-state index is 0. The van der Waals surface area contributed by atoms with Gasteiger partial charge in [0.25, 0.3) is 0 Å². The fraction of sp³-hybridized carbons (Fsp3) is 0.692. The topological polar surface area (TPSA) is 58.9 Å². The maximum atomic E-state index is 10.9. The normalized spacial score (nSPS) is 13.8. The smallest absolute Gasteiger partial charge is 0.135 e. The molecule has 0 spiro atoms. The fourth-order valence-electron chi connectivity index (χ4n) is 1.53. The molecule has 0 bridgehead atoms. The summed E-state index contributed by atoms with van der Waals surface area (Å²) in [6, 6.07) is 0.0521. The van der Waals surface area contributed by atoms with Crippen molar-refractivity contribution in [2.45, 2.75) is 53.5 Å². The van der Waals surface area contributed by atoms with Crippen LogP contribution in [0.4, 0.5) is 0 Å². The van der Waals surface area contributed by atoms with E-state index in [0.717, 1.165) is 11.4 Å². The van der Waals surface area contributed by atoms with E-state index in [4.69, 9.17) is 0 Å². The van der Waals surface area contributed by atoms with Crippen LogP contribution < -0.4 is 0 Å². The van der Waals surface area contributed by atoms with Gasteiger partial charge in [0, 0.05) is 41.3 Å². The Kier molecular flexibility index (Phi) is 11.0. The van der Waals surface area contributed by atoms with Crippen molar-refractivity contribution in [2.24, 2.45) is 9.98 Å². The quantitative estimate of drug-likeness (QED) is 0.535. The number of rotatable bonds is 7. The Morgan fingerprint density at radius 3 is 1.83 bits per heavy atom. The van der Waals surface area contributed by atoms with Crippen LogP contribution >= 0.6 is 0 Å². The fourth-order valence-corrected chi connectivity index (χ4v) is 1.53. The van der Waals surface area contributed by atoms with E-state index in [1.807, 2.05) is 20.8 Å². The van der Waals surface area contributed by atoms with E-state index in [1.165, 1.54) is 0 Å². The van der Waals surface area contributed by atoms with E-state index < -0.39 is 0 Å². The van der Waals surface area contributed by atoms with Crippen LogP contribution in [0.15, 0.2) is 9.98 Å². The van der Waals surface area contributed by atoms with E-state index in [0.29, 0.717) is 19.4 Å². The molecule has 0 fully saturated rings. The summed E-state index contributed by atoms with van der Waals surface area (Å²) >= 11 is 0. The molecule has 0 aromatic carbocycles. The van der Waals surface area contributed by atoms with Crippen LogP contribution in [-0.2, 0) is 26.7 Å². The zero-order valence-electron chi connectivity index (χ0n) is 11.7. The van der Waals surface area contributed by atoms with E-state index >= 15 is 0 Å². The van der Waals surface area contributed by atoms with Crippen LogP contribution in [0.1, 0.15) is 47.5 Å². The van der Waals surface area contributed by atoms with Gasteiger partial charge in [-0.15, -0.1) is 0 Å². The molecule has 1 unspecified atom stereocenters. The first kappa shape index (κ1) is 19.5. The second-order valence-corrected chi connectivity index (χ2v) is 4.55. The van der Waals surface area contributed by atoms with Gasteiger partial charge in [0.15, 0.2) is 0 Å². The van der Waals surface area contributed by atoms with Crippen molar-refractivity contribution in [1.82, 2.24) is 0 Å². The number of aliphatic imine (C=N–C) groups is 2. The molecule has 0 aliphatic carbocycles. The molecule has 18 heavy (non-hydrogen) atoms. The van der Waals surface area contributed by atoms with Gasteiger partial charge in [0.1, 0.15) is 11.6 Å². The molecule has 0 aliphatic heterocycles. The molecule has 107 valence electrons. The molecule has 0 aromatic rings. The van der Waals surface area contributed by atoms with E-state index in [-0.39, 0.29) is 34.7 Å². The molecule has 0 saturated heterocycles. The zero-order valence-corrected chi connectivity index (χ0v) is 12.7. The average Bonchev–Trinajstić information content (AvgIpc) is 2.12. The Labute approximate surface area is 120 Å². The number of hydrogen-bond donors (Lipinski definition) is 0. The molecular weight excluding hydrogens is 280 g/mol. The monoisotopic (exact) mass is 301 g/mol. The number of carbonyl (C=O) groups excluding carboxylic acids is 2. The molecule has 0 rings (SSSR count). The Morgan fingerprint density at radius 1 is 0.944 bits per heavy atom. The average molecular weight is 302 g/mol. The van der Waals surface area contributed by atoms with Gasteiger partial charge in [-0.3, -0.25) is 19.6 Å². The third kappa shape index (κ3) is 11.7. The molecule has 0 saturated carbocycles. The third-order valence-corrected chi connectivity index (χ3v) is 2.08. The summed E-state index contributed by atoms with van der Waals surface area (Å²) in [4.78, 5) is 30.4. The van der Waals surface area contributed by atoms with Crippen LogP contribution in [-0.4, -0.2) is 35.6 Å². The van der Waals surface area contributed by atoms with Crippen molar-refractivity contribution in [3.05, 3.63) is 0 Å². The molecule has 0 heterocycles. The van der Waals surface area contributed by atoms with Gasteiger partial charge in [0.05, 0.1) is 12.6 Å². The molecule has 0 aromatic heterocycles. The van der Waals surface area contributed by atoms with E-state index in [9.17, 15) is 9.59 Å². The van der Waals surface area contributed by atoms with Gasteiger partial charge in [-0.25, -0.2) is 0 Å². The first-order valence-electron chi connectivity index (χ1n) is 5.83. The molecule has 0 amide bonds. The van der Waals surface area contributed by atoms with E-state index in [1.54, 1.807) is 13.8 Å². The predicted octanol–water partition coefficient (Wildman–Crippen LogP) is 2.25. The summed E-state index contributed by atoms with van der Waals surface area (Å²) in [5.41, 5.74) is 1.67. The van der Waals surface area contributed by atoms with Gasteiger partial charge < -0.3 is 0 Å². The second-order valence-electron chi connectivity index (χ2n) is 4.55. The summed E-state index contributed by atoms with van der Waals surface area (Å²) < 4.78 is 0. The predicted molar refractivity (Wildman–Crippen MR) is 71.1 cm³/mol. The van der Waals surface area contributed by atoms with Gasteiger partial charge >= 0.3 is 0 Å². The van der Waals surface area contributed by atoms with Crippen LogP contribution in [0.2, 0.25) is 0 Å². The Balaban J connectivity index is 0. The van der Waals surface area contributed by atoms with Crippen molar-refractivity contribution in [3.63, 3.8) is 0 Å². The standard InChI is InChI=1S/C13H22N2O2.Cu/c1-9(6-12(4)16)14-8-11(3)15-10(2)7-13(5)17;/h11H,6-8H2,1-5H3;. The minimum Gasteiger partial charge on any atom is -0.300 e. The van der Waals surface area contributed by atoms with Crippen molar-refractivity contribution < 1.29 is 26.7 Å². The molecule has 1 radical (unpaired) electrons.